The third-order valence-electron chi connectivity index (χ3n) is 3.59. The highest BCUT2D eigenvalue weighted by molar-refractivity contribution is 5.97. The van der Waals surface area contributed by atoms with Crippen molar-refractivity contribution >= 4 is 16.9 Å². The maximum absolute atomic E-state index is 12.5. The number of fused-ring (bicyclic) bond motifs is 1. The van der Waals surface area contributed by atoms with E-state index < -0.39 is 0 Å². The quantitative estimate of drug-likeness (QED) is 0.731. The second-order valence-corrected chi connectivity index (χ2v) is 5.29. The third-order valence-corrected chi connectivity index (χ3v) is 3.59. The molecule has 0 aliphatic heterocycles. The number of aromatic nitrogens is 5. The maximum atomic E-state index is 12.5. The van der Waals surface area contributed by atoms with Crippen LogP contribution in [0.3, 0.4) is 0 Å². The van der Waals surface area contributed by atoms with Crippen LogP contribution >= 0.6 is 0 Å². The summed E-state index contributed by atoms with van der Waals surface area (Å²) in [6, 6.07) is 5.50. The summed E-state index contributed by atoms with van der Waals surface area (Å²) in [4.78, 5) is 14.2. The molecular formula is C15H18N6O. The van der Waals surface area contributed by atoms with E-state index in [9.17, 15) is 4.79 Å². The molecule has 0 unspecified atom stereocenters. The van der Waals surface area contributed by atoms with Crippen molar-refractivity contribution in [2.75, 3.05) is 7.05 Å². The summed E-state index contributed by atoms with van der Waals surface area (Å²) in [5, 5.41) is 12.3. The minimum atomic E-state index is -0.0446. The summed E-state index contributed by atoms with van der Waals surface area (Å²) in [5.74, 6) is -0.0446. The van der Waals surface area contributed by atoms with E-state index in [1.165, 1.54) is 0 Å². The predicted molar refractivity (Wildman–Crippen MR) is 82.2 cm³/mol. The van der Waals surface area contributed by atoms with Crippen molar-refractivity contribution in [3.63, 3.8) is 0 Å². The van der Waals surface area contributed by atoms with Gasteiger partial charge in [-0.3, -0.25) is 9.48 Å². The van der Waals surface area contributed by atoms with Gasteiger partial charge in [-0.05, 0) is 25.1 Å². The van der Waals surface area contributed by atoms with Gasteiger partial charge in [0.15, 0.2) is 0 Å². The lowest BCUT2D eigenvalue weighted by atomic mass is 10.1. The lowest BCUT2D eigenvalue weighted by Gasteiger charge is -2.16. The average molecular weight is 298 g/mol. The van der Waals surface area contributed by atoms with E-state index in [0.717, 1.165) is 23.1 Å². The molecule has 0 radical (unpaired) electrons. The molecule has 0 bridgehead atoms. The van der Waals surface area contributed by atoms with Gasteiger partial charge in [-0.1, -0.05) is 5.21 Å². The van der Waals surface area contributed by atoms with E-state index in [1.54, 1.807) is 28.9 Å². The molecule has 0 saturated heterocycles. The van der Waals surface area contributed by atoms with Gasteiger partial charge in [-0.2, -0.15) is 5.10 Å². The zero-order valence-electron chi connectivity index (χ0n) is 12.9. The Morgan fingerprint density at radius 1 is 1.36 bits per heavy atom. The van der Waals surface area contributed by atoms with Crippen LogP contribution in [0.15, 0.2) is 30.6 Å². The van der Waals surface area contributed by atoms with Crippen molar-refractivity contribution in [3.8, 4) is 0 Å². The van der Waals surface area contributed by atoms with Crippen LogP contribution in [-0.2, 0) is 20.1 Å². The highest BCUT2D eigenvalue weighted by atomic mass is 16.2. The molecule has 0 fully saturated rings. The van der Waals surface area contributed by atoms with Gasteiger partial charge < -0.3 is 4.90 Å². The van der Waals surface area contributed by atoms with Crippen molar-refractivity contribution < 1.29 is 4.79 Å². The molecule has 22 heavy (non-hydrogen) atoms. The fourth-order valence-electron chi connectivity index (χ4n) is 2.46. The van der Waals surface area contributed by atoms with E-state index in [2.05, 4.69) is 15.4 Å². The number of amides is 1. The first kappa shape index (κ1) is 14.2. The summed E-state index contributed by atoms with van der Waals surface area (Å²) in [7, 11) is 3.64. The van der Waals surface area contributed by atoms with Gasteiger partial charge in [0.1, 0.15) is 5.52 Å². The highest BCUT2D eigenvalue weighted by Crippen LogP contribution is 2.15. The van der Waals surface area contributed by atoms with Gasteiger partial charge in [0.25, 0.3) is 5.91 Å². The van der Waals surface area contributed by atoms with Crippen molar-refractivity contribution in [2.24, 2.45) is 7.05 Å². The summed E-state index contributed by atoms with van der Waals surface area (Å²) < 4.78 is 3.53. The summed E-state index contributed by atoms with van der Waals surface area (Å²) in [6.07, 6.45) is 3.67. The van der Waals surface area contributed by atoms with E-state index in [1.807, 2.05) is 37.0 Å². The van der Waals surface area contributed by atoms with E-state index in [0.29, 0.717) is 12.1 Å². The van der Waals surface area contributed by atoms with E-state index in [4.69, 9.17) is 0 Å². The molecule has 0 aliphatic rings. The number of hydrogen-bond acceptors (Lipinski definition) is 4. The minimum absolute atomic E-state index is 0.0446. The Balaban J connectivity index is 1.81. The van der Waals surface area contributed by atoms with Crippen LogP contribution in [0.5, 0.6) is 0 Å². The summed E-state index contributed by atoms with van der Waals surface area (Å²) >= 11 is 0. The first-order valence-electron chi connectivity index (χ1n) is 7.14. The number of carbonyl (C=O) groups excluding carboxylic acids is 1. The molecule has 0 atom stereocenters. The average Bonchev–Trinajstić information content (AvgIpc) is 3.11. The van der Waals surface area contributed by atoms with Crippen molar-refractivity contribution in [1.82, 2.24) is 29.7 Å². The summed E-state index contributed by atoms with van der Waals surface area (Å²) in [6.45, 7) is 3.28. The molecule has 0 saturated carbocycles. The zero-order valence-corrected chi connectivity index (χ0v) is 12.9. The van der Waals surface area contributed by atoms with Crippen LogP contribution < -0.4 is 0 Å². The molecular weight excluding hydrogens is 280 g/mol. The number of nitrogens with zero attached hydrogens (tertiary/aromatic N) is 6. The number of hydrogen-bond donors (Lipinski definition) is 0. The Morgan fingerprint density at radius 2 is 2.18 bits per heavy atom. The van der Waals surface area contributed by atoms with E-state index >= 15 is 0 Å². The Labute approximate surface area is 128 Å². The van der Waals surface area contributed by atoms with Gasteiger partial charge >= 0.3 is 0 Å². The summed E-state index contributed by atoms with van der Waals surface area (Å²) in [5.41, 5.74) is 3.29. The molecule has 3 aromatic rings. The normalized spacial score (nSPS) is 11.0. The molecule has 1 amide bonds. The standard InChI is InChI=1S/C15H18N6O/c1-4-21-14-6-5-12(7-13(14)17-18-21)15(22)19(2)9-11-8-16-20(3)10-11/h5-8,10H,4,9H2,1-3H3. The van der Waals surface area contributed by atoms with Crippen LogP contribution in [0, 0.1) is 0 Å². The smallest absolute Gasteiger partial charge is 0.253 e. The molecule has 1 aromatic carbocycles. The van der Waals surface area contributed by atoms with Gasteiger partial charge in [0.05, 0.1) is 11.7 Å². The second-order valence-electron chi connectivity index (χ2n) is 5.29. The SMILES string of the molecule is CCn1nnc2cc(C(=O)N(C)Cc3cnn(C)c3)ccc21. The molecule has 2 heterocycles. The molecule has 0 spiro atoms. The van der Waals surface area contributed by atoms with Crippen LogP contribution in [0.25, 0.3) is 11.0 Å². The third kappa shape index (κ3) is 2.57. The lowest BCUT2D eigenvalue weighted by Crippen LogP contribution is -2.26. The molecule has 7 heteroatoms. The molecule has 0 N–H and O–H groups in total. The van der Waals surface area contributed by atoms with Crippen LogP contribution in [0.2, 0.25) is 0 Å². The fourth-order valence-corrected chi connectivity index (χ4v) is 2.46. The molecule has 3 rings (SSSR count). The van der Waals surface area contributed by atoms with Crippen molar-refractivity contribution in [3.05, 3.63) is 41.7 Å². The largest absolute Gasteiger partial charge is 0.337 e. The monoisotopic (exact) mass is 298 g/mol. The first-order chi connectivity index (χ1) is 10.6. The number of rotatable bonds is 4. The topological polar surface area (TPSA) is 68.8 Å². The van der Waals surface area contributed by atoms with Gasteiger partial charge in [-0.25, -0.2) is 4.68 Å². The van der Waals surface area contributed by atoms with Crippen LogP contribution in [-0.4, -0.2) is 42.6 Å². The predicted octanol–water partition coefficient (Wildman–Crippen LogP) is 1.46. The maximum Gasteiger partial charge on any atom is 0.253 e. The second kappa shape index (κ2) is 5.59. The van der Waals surface area contributed by atoms with Gasteiger partial charge in [0, 0.05) is 44.5 Å². The molecule has 114 valence electrons. The fraction of sp³-hybridized carbons (Fsp3) is 0.333. The highest BCUT2D eigenvalue weighted by Gasteiger charge is 2.14. The zero-order chi connectivity index (χ0) is 15.7. The Morgan fingerprint density at radius 3 is 2.86 bits per heavy atom. The minimum Gasteiger partial charge on any atom is -0.337 e. The van der Waals surface area contributed by atoms with Crippen LogP contribution in [0.1, 0.15) is 22.8 Å². The Kier molecular flexibility index (Phi) is 3.62. The number of benzene rings is 1. The Bertz CT molecular complexity index is 818. The lowest BCUT2D eigenvalue weighted by molar-refractivity contribution is 0.0785. The van der Waals surface area contributed by atoms with Gasteiger partial charge in [-0.15, -0.1) is 5.10 Å². The molecule has 0 aliphatic carbocycles. The van der Waals surface area contributed by atoms with Crippen LogP contribution in [0.4, 0.5) is 0 Å². The molecule has 7 nitrogen and oxygen atoms in total. The van der Waals surface area contributed by atoms with Crippen molar-refractivity contribution in [1.29, 1.82) is 0 Å². The molecule has 2 aromatic heterocycles. The van der Waals surface area contributed by atoms with E-state index in [-0.39, 0.29) is 5.91 Å². The van der Waals surface area contributed by atoms with Crippen molar-refractivity contribution in [2.45, 2.75) is 20.0 Å². The number of carbonyl (C=O) groups is 1. The Hall–Kier alpha value is -2.70. The van der Waals surface area contributed by atoms with Gasteiger partial charge in [0.2, 0.25) is 0 Å². The first-order valence-corrected chi connectivity index (χ1v) is 7.14. The number of aryl methyl sites for hydroxylation is 2.